The second kappa shape index (κ2) is 7.33. The van der Waals surface area contributed by atoms with Gasteiger partial charge in [0.05, 0.1) is 23.2 Å². The number of nitrogens with one attached hydrogen (secondary N) is 1. The molecule has 1 saturated heterocycles. The molecule has 138 valence electrons. The molecule has 0 atom stereocenters. The Bertz CT molecular complexity index is 909. The fourth-order valence-corrected chi connectivity index (χ4v) is 3.56. The summed E-state index contributed by atoms with van der Waals surface area (Å²) in [7, 11) is -3.48. The van der Waals surface area contributed by atoms with Crippen molar-refractivity contribution in [3.8, 4) is 0 Å². The monoisotopic (exact) mass is 377 g/mol. The first kappa shape index (κ1) is 18.2. The zero-order valence-corrected chi connectivity index (χ0v) is 15.2. The molecular weight excluding hydrogens is 357 g/mol. The maximum Gasteiger partial charge on any atom is 0.256 e. The van der Waals surface area contributed by atoms with Crippen LogP contribution in [0.3, 0.4) is 0 Å². The van der Waals surface area contributed by atoms with Gasteiger partial charge in [-0.25, -0.2) is 12.8 Å². The third-order valence-electron chi connectivity index (χ3n) is 4.21. The Morgan fingerprint density at radius 1 is 1.00 bits per heavy atom. The maximum atomic E-state index is 13.9. The molecular formula is C18H20FN3O3S. The van der Waals surface area contributed by atoms with Gasteiger partial charge in [-0.05, 0) is 24.3 Å². The predicted molar refractivity (Wildman–Crippen MR) is 99.4 cm³/mol. The van der Waals surface area contributed by atoms with E-state index in [2.05, 4.69) is 4.72 Å². The third-order valence-corrected chi connectivity index (χ3v) is 4.80. The number of rotatable bonds is 4. The van der Waals surface area contributed by atoms with Crippen molar-refractivity contribution >= 4 is 27.3 Å². The van der Waals surface area contributed by atoms with E-state index in [0.717, 1.165) is 6.26 Å². The summed E-state index contributed by atoms with van der Waals surface area (Å²) in [4.78, 5) is 16.4. The van der Waals surface area contributed by atoms with E-state index in [1.807, 2.05) is 4.90 Å². The van der Waals surface area contributed by atoms with E-state index in [1.54, 1.807) is 47.4 Å². The number of nitrogens with zero attached hydrogens (tertiary/aromatic N) is 2. The van der Waals surface area contributed by atoms with Crippen molar-refractivity contribution < 1.29 is 17.6 Å². The van der Waals surface area contributed by atoms with Crippen molar-refractivity contribution in [2.24, 2.45) is 0 Å². The molecule has 26 heavy (non-hydrogen) atoms. The van der Waals surface area contributed by atoms with E-state index in [4.69, 9.17) is 0 Å². The summed E-state index contributed by atoms with van der Waals surface area (Å²) in [5.41, 5.74) is 1.09. The fraction of sp³-hybridized carbons (Fsp3) is 0.278. The summed E-state index contributed by atoms with van der Waals surface area (Å²) in [6, 6.07) is 13.1. The number of hydrogen-bond donors (Lipinski definition) is 1. The first-order valence-corrected chi connectivity index (χ1v) is 10.1. The standard InChI is InChI=1S/C18H20FN3O3S/c1-26(24,25)20-16-8-4-2-6-14(16)18(23)22-12-10-21(11-13-22)17-9-5-3-7-15(17)19/h2-9,20H,10-13H2,1H3. The lowest BCUT2D eigenvalue weighted by atomic mass is 10.1. The summed E-state index contributed by atoms with van der Waals surface area (Å²) in [6.45, 7) is 1.88. The fourth-order valence-electron chi connectivity index (χ4n) is 2.99. The second-order valence-corrected chi connectivity index (χ2v) is 7.90. The van der Waals surface area contributed by atoms with Gasteiger partial charge >= 0.3 is 0 Å². The number of hydrogen-bond acceptors (Lipinski definition) is 4. The highest BCUT2D eigenvalue weighted by Gasteiger charge is 2.25. The molecule has 1 amide bonds. The third kappa shape index (κ3) is 4.13. The number of piperazine rings is 1. The molecule has 8 heteroatoms. The van der Waals surface area contributed by atoms with E-state index in [0.29, 0.717) is 37.4 Å². The molecule has 2 aromatic carbocycles. The van der Waals surface area contributed by atoms with E-state index in [1.165, 1.54) is 6.07 Å². The van der Waals surface area contributed by atoms with E-state index < -0.39 is 10.0 Å². The Labute approximate surface area is 152 Å². The average Bonchev–Trinajstić information content (AvgIpc) is 2.61. The predicted octanol–water partition coefficient (Wildman–Crippen LogP) is 2.16. The van der Waals surface area contributed by atoms with Gasteiger partial charge < -0.3 is 9.80 Å². The van der Waals surface area contributed by atoms with Crippen LogP contribution in [0.5, 0.6) is 0 Å². The van der Waals surface area contributed by atoms with Gasteiger partial charge in [0.2, 0.25) is 10.0 Å². The number of para-hydroxylation sites is 2. The number of carbonyl (C=O) groups is 1. The minimum Gasteiger partial charge on any atom is -0.366 e. The van der Waals surface area contributed by atoms with Crippen molar-refractivity contribution in [3.63, 3.8) is 0 Å². The van der Waals surface area contributed by atoms with Crippen LogP contribution in [0.15, 0.2) is 48.5 Å². The Balaban J connectivity index is 1.73. The van der Waals surface area contributed by atoms with Crippen LogP contribution in [-0.4, -0.2) is 51.7 Å². The normalized spacial score (nSPS) is 15.0. The summed E-state index contributed by atoms with van der Waals surface area (Å²) in [6.07, 6.45) is 1.04. The van der Waals surface area contributed by atoms with Crippen LogP contribution < -0.4 is 9.62 Å². The summed E-state index contributed by atoms with van der Waals surface area (Å²) in [5, 5.41) is 0. The Morgan fingerprint density at radius 2 is 1.62 bits per heavy atom. The molecule has 2 aromatic rings. The highest BCUT2D eigenvalue weighted by Crippen LogP contribution is 2.23. The SMILES string of the molecule is CS(=O)(=O)Nc1ccccc1C(=O)N1CCN(c2ccccc2F)CC1. The molecule has 1 aliphatic rings. The van der Waals surface area contributed by atoms with Gasteiger partial charge in [-0.15, -0.1) is 0 Å². The van der Waals surface area contributed by atoms with Gasteiger partial charge in [0.15, 0.2) is 0 Å². The molecule has 3 rings (SSSR count). The second-order valence-electron chi connectivity index (χ2n) is 6.15. The van der Waals surface area contributed by atoms with Gasteiger partial charge in [-0.2, -0.15) is 0 Å². The lowest BCUT2D eigenvalue weighted by molar-refractivity contribution is 0.0747. The van der Waals surface area contributed by atoms with Gasteiger partial charge in [0, 0.05) is 26.2 Å². The van der Waals surface area contributed by atoms with Crippen molar-refractivity contribution in [2.45, 2.75) is 0 Å². The van der Waals surface area contributed by atoms with Crippen molar-refractivity contribution in [1.82, 2.24) is 4.90 Å². The number of carbonyl (C=O) groups excluding carboxylic acids is 1. The van der Waals surface area contributed by atoms with Crippen LogP contribution in [0.4, 0.5) is 15.8 Å². The highest BCUT2D eigenvalue weighted by atomic mass is 32.2. The van der Waals surface area contributed by atoms with Crippen LogP contribution in [0.1, 0.15) is 10.4 Å². The van der Waals surface area contributed by atoms with Crippen molar-refractivity contribution in [2.75, 3.05) is 42.1 Å². The van der Waals surface area contributed by atoms with Crippen molar-refractivity contribution in [3.05, 3.63) is 59.9 Å². The molecule has 1 fully saturated rings. The largest absolute Gasteiger partial charge is 0.366 e. The van der Waals surface area contributed by atoms with Gasteiger partial charge in [-0.1, -0.05) is 24.3 Å². The molecule has 0 saturated carbocycles. The lowest BCUT2D eigenvalue weighted by Gasteiger charge is -2.36. The zero-order valence-electron chi connectivity index (χ0n) is 14.4. The van der Waals surface area contributed by atoms with E-state index in [-0.39, 0.29) is 17.4 Å². The molecule has 0 aliphatic carbocycles. The van der Waals surface area contributed by atoms with Gasteiger partial charge in [0.25, 0.3) is 5.91 Å². The molecule has 0 unspecified atom stereocenters. The Kier molecular flexibility index (Phi) is 5.13. The van der Waals surface area contributed by atoms with Crippen LogP contribution in [0, 0.1) is 5.82 Å². The number of anilines is 2. The first-order valence-electron chi connectivity index (χ1n) is 8.21. The molecule has 1 heterocycles. The molecule has 0 bridgehead atoms. The molecule has 6 nitrogen and oxygen atoms in total. The van der Waals surface area contributed by atoms with Crippen LogP contribution >= 0.6 is 0 Å². The minimum absolute atomic E-state index is 0.245. The molecule has 0 spiro atoms. The number of sulfonamides is 1. The molecule has 1 N–H and O–H groups in total. The van der Waals surface area contributed by atoms with Crippen molar-refractivity contribution in [1.29, 1.82) is 0 Å². The van der Waals surface area contributed by atoms with Crippen LogP contribution in [0.2, 0.25) is 0 Å². The Hall–Kier alpha value is -2.61. The van der Waals surface area contributed by atoms with E-state index in [9.17, 15) is 17.6 Å². The summed E-state index contributed by atoms with van der Waals surface area (Å²) < 4.78 is 39.3. The van der Waals surface area contributed by atoms with Crippen LogP contribution in [-0.2, 0) is 10.0 Å². The van der Waals surface area contributed by atoms with Gasteiger partial charge in [0.1, 0.15) is 5.82 Å². The molecule has 0 radical (unpaired) electrons. The minimum atomic E-state index is -3.48. The van der Waals surface area contributed by atoms with Crippen LogP contribution in [0.25, 0.3) is 0 Å². The number of halogens is 1. The average molecular weight is 377 g/mol. The van der Waals surface area contributed by atoms with Gasteiger partial charge in [-0.3, -0.25) is 9.52 Å². The summed E-state index contributed by atoms with van der Waals surface area (Å²) >= 11 is 0. The molecule has 0 aromatic heterocycles. The Morgan fingerprint density at radius 3 is 2.27 bits per heavy atom. The maximum absolute atomic E-state index is 13.9. The number of benzene rings is 2. The van der Waals surface area contributed by atoms with E-state index >= 15 is 0 Å². The zero-order chi connectivity index (χ0) is 18.7. The quantitative estimate of drug-likeness (QED) is 0.887. The topological polar surface area (TPSA) is 69.7 Å². The smallest absolute Gasteiger partial charge is 0.256 e. The number of amides is 1. The molecule has 1 aliphatic heterocycles. The highest BCUT2D eigenvalue weighted by molar-refractivity contribution is 7.92. The summed E-state index contributed by atoms with van der Waals surface area (Å²) in [5.74, 6) is -0.528. The lowest BCUT2D eigenvalue weighted by Crippen LogP contribution is -2.49. The first-order chi connectivity index (χ1) is 12.3.